The van der Waals surface area contributed by atoms with Crippen LogP contribution in [0.3, 0.4) is 0 Å². The van der Waals surface area contributed by atoms with Crippen molar-refractivity contribution in [1.29, 1.82) is 0 Å². The maximum absolute atomic E-state index is 12.5. The summed E-state index contributed by atoms with van der Waals surface area (Å²) in [6.45, 7) is 0. The minimum Gasteiger partial charge on any atom is -0.423 e. The number of para-hydroxylation sites is 1. The van der Waals surface area contributed by atoms with E-state index < -0.39 is 11.6 Å². The second kappa shape index (κ2) is 6.20. The van der Waals surface area contributed by atoms with E-state index in [1.54, 1.807) is 36.4 Å². The van der Waals surface area contributed by atoms with Crippen LogP contribution < -0.4 is 16.0 Å². The minimum atomic E-state index is -0.831. The molecule has 6 nitrogen and oxygen atoms in total. The number of ether oxygens (including phenoxy) is 1. The van der Waals surface area contributed by atoms with Gasteiger partial charge in [-0.3, -0.25) is 0 Å². The molecule has 1 aliphatic rings. The normalized spacial score (nSPS) is 13.0. The molecule has 2 aromatic heterocycles. The predicted molar refractivity (Wildman–Crippen MR) is 102 cm³/mol. The second-order valence-electron chi connectivity index (χ2n) is 6.73. The van der Waals surface area contributed by atoms with Crippen LogP contribution in [0.5, 0.6) is 5.75 Å². The molecule has 5 rings (SSSR count). The number of carbonyl (C=O) groups excluding carboxylic acids is 1. The number of hydrogen-bond acceptors (Lipinski definition) is 6. The van der Waals surface area contributed by atoms with E-state index in [1.807, 2.05) is 0 Å². The van der Waals surface area contributed by atoms with Gasteiger partial charge in [0.2, 0.25) is 0 Å². The van der Waals surface area contributed by atoms with Gasteiger partial charge in [-0.15, -0.1) is 0 Å². The Balaban J connectivity index is 1.52. The van der Waals surface area contributed by atoms with E-state index in [0.717, 1.165) is 35.8 Å². The Kier molecular flexibility index (Phi) is 3.65. The molecule has 0 N–H and O–H groups in total. The summed E-state index contributed by atoms with van der Waals surface area (Å²) in [7, 11) is 0. The Bertz CT molecular complexity index is 1380. The Morgan fingerprint density at radius 1 is 0.857 bits per heavy atom. The standard InChI is InChI=1S/C22H14O6/c23-20-16-6-3-5-14(16)15-9-8-13(11-19(15)28-20)26-21(24)17-10-12-4-1-2-7-18(12)27-22(17)25/h1-2,4,7-11H,3,5-6H2. The summed E-state index contributed by atoms with van der Waals surface area (Å²) in [5.74, 6) is -0.645. The molecule has 0 saturated carbocycles. The highest BCUT2D eigenvalue weighted by Crippen LogP contribution is 2.29. The lowest BCUT2D eigenvalue weighted by Crippen LogP contribution is -2.18. The van der Waals surface area contributed by atoms with Crippen LogP contribution in [0.2, 0.25) is 0 Å². The predicted octanol–water partition coefficient (Wildman–Crippen LogP) is 3.61. The first kappa shape index (κ1) is 16.5. The van der Waals surface area contributed by atoms with Crippen LogP contribution in [-0.4, -0.2) is 5.97 Å². The Labute approximate surface area is 158 Å². The average molecular weight is 374 g/mol. The first-order chi connectivity index (χ1) is 13.6. The van der Waals surface area contributed by atoms with Crippen LogP contribution in [-0.2, 0) is 12.8 Å². The van der Waals surface area contributed by atoms with Crippen molar-refractivity contribution < 1.29 is 18.4 Å². The molecule has 0 fully saturated rings. The Hall–Kier alpha value is -3.67. The van der Waals surface area contributed by atoms with Crippen molar-refractivity contribution >= 4 is 27.9 Å². The van der Waals surface area contributed by atoms with Crippen molar-refractivity contribution in [3.05, 3.63) is 86.1 Å². The van der Waals surface area contributed by atoms with E-state index in [-0.39, 0.29) is 16.9 Å². The zero-order valence-electron chi connectivity index (χ0n) is 14.7. The van der Waals surface area contributed by atoms with Gasteiger partial charge in [-0.05, 0) is 49.1 Å². The quantitative estimate of drug-likeness (QED) is 0.303. The van der Waals surface area contributed by atoms with Crippen molar-refractivity contribution in [2.24, 2.45) is 0 Å². The summed E-state index contributed by atoms with van der Waals surface area (Å²) in [4.78, 5) is 36.7. The highest BCUT2D eigenvalue weighted by atomic mass is 16.5. The van der Waals surface area contributed by atoms with Gasteiger partial charge in [-0.25, -0.2) is 14.4 Å². The van der Waals surface area contributed by atoms with Crippen LogP contribution in [0, 0.1) is 0 Å². The molecular weight excluding hydrogens is 360 g/mol. The van der Waals surface area contributed by atoms with Crippen LogP contribution in [0.25, 0.3) is 21.9 Å². The number of hydrogen-bond donors (Lipinski definition) is 0. The fourth-order valence-electron chi connectivity index (χ4n) is 3.69. The average Bonchev–Trinajstić information content (AvgIpc) is 3.18. The smallest absolute Gasteiger partial charge is 0.351 e. The molecule has 0 radical (unpaired) electrons. The first-order valence-electron chi connectivity index (χ1n) is 8.94. The summed E-state index contributed by atoms with van der Waals surface area (Å²) >= 11 is 0. The summed E-state index contributed by atoms with van der Waals surface area (Å²) in [6.07, 6.45) is 2.48. The number of rotatable bonds is 2. The molecule has 6 heteroatoms. The molecule has 0 saturated heterocycles. The van der Waals surface area contributed by atoms with Gasteiger partial charge in [0.05, 0.1) is 0 Å². The first-order valence-corrected chi connectivity index (χ1v) is 8.94. The molecule has 0 atom stereocenters. The van der Waals surface area contributed by atoms with Crippen LogP contribution in [0.15, 0.2) is 67.0 Å². The second-order valence-corrected chi connectivity index (χ2v) is 6.73. The van der Waals surface area contributed by atoms with Crippen molar-refractivity contribution in [1.82, 2.24) is 0 Å². The molecule has 1 aliphatic carbocycles. The fraction of sp³-hybridized carbons (Fsp3) is 0.136. The van der Waals surface area contributed by atoms with Gasteiger partial charge in [0.1, 0.15) is 22.5 Å². The number of carbonyl (C=O) groups is 1. The third-order valence-corrected chi connectivity index (χ3v) is 5.02. The van der Waals surface area contributed by atoms with E-state index in [9.17, 15) is 14.4 Å². The van der Waals surface area contributed by atoms with Gasteiger partial charge in [0.25, 0.3) is 0 Å². The zero-order chi connectivity index (χ0) is 19.3. The monoisotopic (exact) mass is 374 g/mol. The lowest BCUT2D eigenvalue weighted by molar-refractivity contribution is 0.0730. The summed E-state index contributed by atoms with van der Waals surface area (Å²) in [6, 6.07) is 13.2. The molecule has 2 aromatic carbocycles. The summed E-state index contributed by atoms with van der Waals surface area (Å²) in [5.41, 5.74) is 1.17. The molecule has 0 bridgehead atoms. The fourth-order valence-corrected chi connectivity index (χ4v) is 3.69. The molecule has 2 heterocycles. The number of benzene rings is 2. The molecular formula is C22H14O6. The van der Waals surface area contributed by atoms with Crippen molar-refractivity contribution in [3.63, 3.8) is 0 Å². The van der Waals surface area contributed by atoms with E-state index in [1.165, 1.54) is 12.1 Å². The number of aryl methyl sites for hydroxylation is 1. The van der Waals surface area contributed by atoms with Gasteiger partial charge in [0, 0.05) is 22.4 Å². The lowest BCUT2D eigenvalue weighted by Gasteiger charge is -2.07. The van der Waals surface area contributed by atoms with Crippen molar-refractivity contribution in [3.8, 4) is 5.75 Å². The van der Waals surface area contributed by atoms with Crippen molar-refractivity contribution in [2.45, 2.75) is 19.3 Å². The topological polar surface area (TPSA) is 86.7 Å². The lowest BCUT2D eigenvalue weighted by atomic mass is 10.1. The molecule has 0 spiro atoms. The largest absolute Gasteiger partial charge is 0.423 e. The molecule has 0 unspecified atom stereocenters. The van der Waals surface area contributed by atoms with Gasteiger partial charge in [-0.2, -0.15) is 0 Å². The summed E-state index contributed by atoms with van der Waals surface area (Å²) in [5, 5.41) is 1.46. The van der Waals surface area contributed by atoms with E-state index in [2.05, 4.69) is 0 Å². The highest BCUT2D eigenvalue weighted by molar-refractivity contribution is 5.94. The zero-order valence-corrected chi connectivity index (χ0v) is 14.7. The molecule has 138 valence electrons. The van der Waals surface area contributed by atoms with Gasteiger partial charge in [0.15, 0.2) is 0 Å². The molecule has 28 heavy (non-hydrogen) atoms. The molecule has 0 aliphatic heterocycles. The highest BCUT2D eigenvalue weighted by Gasteiger charge is 2.21. The number of fused-ring (bicyclic) bond motifs is 4. The molecule has 0 amide bonds. The summed E-state index contributed by atoms with van der Waals surface area (Å²) < 4.78 is 15.9. The van der Waals surface area contributed by atoms with Crippen LogP contribution in [0.1, 0.15) is 27.9 Å². The minimum absolute atomic E-state index is 0.186. The van der Waals surface area contributed by atoms with Crippen LogP contribution >= 0.6 is 0 Å². The Morgan fingerprint density at radius 3 is 2.54 bits per heavy atom. The van der Waals surface area contributed by atoms with E-state index in [0.29, 0.717) is 16.6 Å². The number of esters is 1. The molecule has 4 aromatic rings. The Morgan fingerprint density at radius 2 is 1.64 bits per heavy atom. The third kappa shape index (κ3) is 2.62. The van der Waals surface area contributed by atoms with Crippen molar-refractivity contribution in [2.75, 3.05) is 0 Å². The van der Waals surface area contributed by atoms with Gasteiger partial charge in [-0.1, -0.05) is 18.2 Å². The van der Waals surface area contributed by atoms with E-state index >= 15 is 0 Å². The SMILES string of the molecule is O=C(Oc1ccc2c3c(c(=O)oc2c1)CCC3)c1cc2ccccc2oc1=O. The van der Waals surface area contributed by atoms with Gasteiger partial charge >= 0.3 is 17.2 Å². The maximum Gasteiger partial charge on any atom is 0.351 e. The van der Waals surface area contributed by atoms with E-state index in [4.69, 9.17) is 13.6 Å². The van der Waals surface area contributed by atoms with Crippen LogP contribution in [0.4, 0.5) is 0 Å². The van der Waals surface area contributed by atoms with Gasteiger partial charge < -0.3 is 13.6 Å². The maximum atomic E-state index is 12.5. The third-order valence-electron chi connectivity index (χ3n) is 5.02.